The van der Waals surface area contributed by atoms with Gasteiger partial charge in [-0.25, -0.2) is 8.42 Å². The van der Waals surface area contributed by atoms with E-state index in [-0.39, 0.29) is 12.3 Å². The van der Waals surface area contributed by atoms with Gasteiger partial charge in [-0.15, -0.1) is 11.3 Å². The largest absolute Gasteiger partial charge is 0.390 e. The van der Waals surface area contributed by atoms with Gasteiger partial charge in [-0.3, -0.25) is 9.89 Å². The smallest absolute Gasteiger partial charge is 0.194 e. The SMILES string of the molecule is CCNC(=NCC(O)CS(=O)(=O)c1cccs1)N1CCN(CC(C)C)CC1. The van der Waals surface area contributed by atoms with Gasteiger partial charge in [-0.2, -0.15) is 0 Å². The van der Waals surface area contributed by atoms with Gasteiger partial charge in [0.05, 0.1) is 18.4 Å². The number of hydrogen-bond donors (Lipinski definition) is 2. The number of hydrogen-bond acceptors (Lipinski definition) is 6. The highest BCUT2D eigenvalue weighted by Crippen LogP contribution is 2.18. The molecule has 2 rings (SSSR count). The van der Waals surface area contributed by atoms with Crippen molar-refractivity contribution in [3.63, 3.8) is 0 Å². The molecule has 1 unspecified atom stereocenters. The van der Waals surface area contributed by atoms with E-state index in [0.717, 1.165) is 45.2 Å². The van der Waals surface area contributed by atoms with Gasteiger partial charge in [0, 0.05) is 39.3 Å². The number of piperazine rings is 1. The second kappa shape index (κ2) is 10.4. The van der Waals surface area contributed by atoms with Crippen molar-refractivity contribution >= 4 is 27.1 Å². The lowest BCUT2D eigenvalue weighted by molar-refractivity contribution is 0.163. The van der Waals surface area contributed by atoms with Crippen molar-refractivity contribution in [2.75, 3.05) is 51.6 Å². The molecule has 1 aliphatic rings. The zero-order chi connectivity index (χ0) is 19.9. The van der Waals surface area contributed by atoms with Crippen LogP contribution in [-0.2, 0) is 9.84 Å². The second-order valence-electron chi connectivity index (χ2n) is 7.24. The summed E-state index contributed by atoms with van der Waals surface area (Å²) in [6, 6.07) is 3.26. The minimum Gasteiger partial charge on any atom is -0.390 e. The first-order valence-electron chi connectivity index (χ1n) is 9.51. The maximum Gasteiger partial charge on any atom is 0.194 e. The molecule has 1 atom stereocenters. The summed E-state index contributed by atoms with van der Waals surface area (Å²) in [5.74, 6) is 1.09. The molecule has 0 spiro atoms. The van der Waals surface area contributed by atoms with Gasteiger partial charge in [-0.1, -0.05) is 19.9 Å². The number of guanidine groups is 1. The molecule has 1 fully saturated rings. The van der Waals surface area contributed by atoms with Gasteiger partial charge >= 0.3 is 0 Å². The summed E-state index contributed by atoms with van der Waals surface area (Å²) in [6.07, 6.45) is -1.02. The van der Waals surface area contributed by atoms with E-state index in [1.165, 1.54) is 11.3 Å². The van der Waals surface area contributed by atoms with Crippen LogP contribution < -0.4 is 5.32 Å². The zero-order valence-electron chi connectivity index (χ0n) is 16.5. The highest BCUT2D eigenvalue weighted by molar-refractivity contribution is 7.93. The molecule has 0 aliphatic carbocycles. The van der Waals surface area contributed by atoms with Gasteiger partial charge in [-0.05, 0) is 24.3 Å². The van der Waals surface area contributed by atoms with Crippen LogP contribution in [-0.4, -0.2) is 87.0 Å². The van der Waals surface area contributed by atoms with Crippen LogP contribution in [0.3, 0.4) is 0 Å². The first-order chi connectivity index (χ1) is 12.8. The molecule has 7 nitrogen and oxygen atoms in total. The summed E-state index contributed by atoms with van der Waals surface area (Å²) in [7, 11) is -3.46. The molecular formula is C18H32N4O3S2. The average Bonchev–Trinajstić information content (AvgIpc) is 3.14. The van der Waals surface area contributed by atoms with E-state index in [1.807, 2.05) is 6.92 Å². The van der Waals surface area contributed by atoms with Gasteiger partial charge < -0.3 is 15.3 Å². The van der Waals surface area contributed by atoms with Gasteiger partial charge in [0.25, 0.3) is 0 Å². The average molecular weight is 417 g/mol. The first-order valence-corrected chi connectivity index (χ1v) is 12.0. The van der Waals surface area contributed by atoms with Crippen LogP contribution in [0.25, 0.3) is 0 Å². The van der Waals surface area contributed by atoms with Gasteiger partial charge in [0.15, 0.2) is 15.8 Å². The number of thiophene rings is 1. The maximum atomic E-state index is 12.3. The number of nitrogens with one attached hydrogen (secondary N) is 1. The Kier molecular flexibility index (Phi) is 8.53. The van der Waals surface area contributed by atoms with Gasteiger partial charge in [0.2, 0.25) is 0 Å². The van der Waals surface area contributed by atoms with E-state index in [0.29, 0.717) is 10.1 Å². The molecule has 0 aromatic carbocycles. The summed E-state index contributed by atoms with van der Waals surface area (Å²) in [6.45, 7) is 12.1. The predicted molar refractivity (Wildman–Crippen MR) is 111 cm³/mol. The third-order valence-corrected chi connectivity index (χ3v) is 7.58. The maximum absolute atomic E-state index is 12.3. The van der Waals surface area contributed by atoms with Crippen LogP contribution in [0.4, 0.5) is 0 Å². The van der Waals surface area contributed by atoms with E-state index in [1.54, 1.807) is 17.5 Å². The summed E-state index contributed by atoms with van der Waals surface area (Å²) in [5.41, 5.74) is 0. The lowest BCUT2D eigenvalue weighted by Crippen LogP contribution is -2.53. The van der Waals surface area contributed by atoms with Crippen LogP contribution in [0.5, 0.6) is 0 Å². The molecule has 2 N–H and O–H groups in total. The number of aliphatic imine (C=N–C) groups is 1. The van der Waals surface area contributed by atoms with E-state index >= 15 is 0 Å². The van der Waals surface area contributed by atoms with Crippen molar-refractivity contribution < 1.29 is 13.5 Å². The molecule has 9 heteroatoms. The van der Waals surface area contributed by atoms with Gasteiger partial charge in [0.1, 0.15) is 4.21 Å². The number of nitrogens with zero attached hydrogens (tertiary/aromatic N) is 3. The molecule has 154 valence electrons. The fourth-order valence-electron chi connectivity index (χ4n) is 3.10. The Hall–Kier alpha value is -1.16. The summed E-state index contributed by atoms with van der Waals surface area (Å²) < 4.78 is 24.8. The fourth-order valence-corrected chi connectivity index (χ4v) is 5.57. The Morgan fingerprint density at radius 3 is 2.59 bits per heavy atom. The summed E-state index contributed by atoms with van der Waals surface area (Å²) >= 11 is 1.17. The first kappa shape index (κ1) is 22.1. The molecule has 0 bridgehead atoms. The number of aliphatic hydroxyl groups is 1. The molecule has 27 heavy (non-hydrogen) atoms. The number of sulfone groups is 1. The van der Waals surface area contributed by atoms with E-state index < -0.39 is 15.9 Å². The highest BCUT2D eigenvalue weighted by Gasteiger charge is 2.22. The minimum atomic E-state index is -3.46. The normalized spacial score (nSPS) is 18.1. The standard InChI is InChI=1S/C18H32N4O3S2/c1-4-19-18(22-9-7-21(8-10-22)13-15(2)3)20-12-16(23)14-27(24,25)17-6-5-11-26-17/h5-6,11,15-16,23H,4,7-10,12-14H2,1-3H3,(H,19,20). The van der Waals surface area contributed by atoms with Crippen molar-refractivity contribution in [1.29, 1.82) is 0 Å². The number of rotatable bonds is 8. The number of aliphatic hydroxyl groups excluding tert-OH is 1. The molecule has 0 saturated carbocycles. The Bertz CT molecular complexity index is 681. The Morgan fingerprint density at radius 1 is 1.33 bits per heavy atom. The van der Waals surface area contributed by atoms with Crippen LogP contribution in [0, 0.1) is 5.92 Å². The lowest BCUT2D eigenvalue weighted by atomic mass is 10.2. The molecule has 1 aromatic rings. The van der Waals surface area contributed by atoms with Crippen molar-refractivity contribution in [1.82, 2.24) is 15.1 Å². The molecule has 1 saturated heterocycles. The van der Waals surface area contributed by atoms with Crippen LogP contribution in [0.1, 0.15) is 20.8 Å². The van der Waals surface area contributed by atoms with E-state index in [9.17, 15) is 13.5 Å². The predicted octanol–water partition coefficient (Wildman–Crippen LogP) is 1.12. The highest BCUT2D eigenvalue weighted by atomic mass is 32.2. The van der Waals surface area contributed by atoms with Crippen LogP contribution in [0.15, 0.2) is 26.7 Å². The van der Waals surface area contributed by atoms with Crippen LogP contribution in [0.2, 0.25) is 0 Å². The second-order valence-corrected chi connectivity index (χ2v) is 10.5. The molecule has 2 heterocycles. The fraction of sp³-hybridized carbons (Fsp3) is 0.722. The summed E-state index contributed by atoms with van der Waals surface area (Å²) in [5, 5.41) is 15.2. The third-order valence-electron chi connectivity index (χ3n) is 4.30. The minimum absolute atomic E-state index is 0.0686. The molecule has 0 radical (unpaired) electrons. The Morgan fingerprint density at radius 2 is 2.04 bits per heavy atom. The van der Waals surface area contributed by atoms with Crippen molar-refractivity contribution in [2.24, 2.45) is 10.9 Å². The zero-order valence-corrected chi connectivity index (χ0v) is 18.1. The Balaban J connectivity index is 1.91. The third kappa shape index (κ3) is 7.06. The lowest BCUT2D eigenvalue weighted by Gasteiger charge is -2.37. The topological polar surface area (TPSA) is 85.2 Å². The molecule has 1 aliphatic heterocycles. The van der Waals surface area contributed by atoms with Crippen molar-refractivity contribution in [2.45, 2.75) is 31.1 Å². The van der Waals surface area contributed by atoms with Crippen molar-refractivity contribution in [3.05, 3.63) is 17.5 Å². The molecule has 1 aromatic heterocycles. The molecule has 0 amide bonds. The summed E-state index contributed by atoms with van der Waals surface area (Å²) in [4.78, 5) is 9.12. The molecular weight excluding hydrogens is 384 g/mol. The quantitative estimate of drug-likeness (QED) is 0.488. The Labute approximate surface area is 167 Å². The van der Waals surface area contributed by atoms with E-state index in [2.05, 4.69) is 34.0 Å². The van der Waals surface area contributed by atoms with Crippen molar-refractivity contribution in [3.8, 4) is 0 Å². The monoisotopic (exact) mass is 416 g/mol. The van der Waals surface area contributed by atoms with E-state index in [4.69, 9.17) is 0 Å². The van der Waals surface area contributed by atoms with Crippen LogP contribution >= 0.6 is 11.3 Å².